The third-order valence-corrected chi connectivity index (χ3v) is 4.22. The van der Waals surface area contributed by atoms with Crippen molar-refractivity contribution in [2.75, 3.05) is 19.8 Å². The Hall–Kier alpha value is -2.53. The number of rotatable bonds is 5. The van der Waals surface area contributed by atoms with Crippen LogP contribution >= 0.6 is 0 Å². The number of aliphatic hydroxyl groups is 1. The number of alkyl halides is 3. The summed E-state index contributed by atoms with van der Waals surface area (Å²) in [5, 5.41) is 25.0. The number of carbonyl (C=O) groups excluding carboxylic acids is 1. The van der Waals surface area contributed by atoms with Crippen LogP contribution in [0, 0.1) is 0 Å². The molecule has 0 saturated carbocycles. The van der Waals surface area contributed by atoms with E-state index < -0.39 is 42.4 Å². The van der Waals surface area contributed by atoms with Gasteiger partial charge in [-0.05, 0) is 12.1 Å². The second-order valence-corrected chi connectivity index (χ2v) is 5.95. The van der Waals surface area contributed by atoms with Crippen LogP contribution in [0.25, 0.3) is 0 Å². The Bertz CT molecular complexity index is 744. The fourth-order valence-corrected chi connectivity index (χ4v) is 2.77. The molecule has 0 bridgehead atoms. The van der Waals surface area contributed by atoms with Crippen molar-refractivity contribution in [2.45, 2.75) is 24.0 Å². The lowest BCUT2D eigenvalue weighted by Crippen LogP contribution is -2.48. The van der Waals surface area contributed by atoms with Crippen LogP contribution in [0.1, 0.15) is 15.9 Å². The van der Waals surface area contributed by atoms with Gasteiger partial charge in [0.1, 0.15) is 6.54 Å². The number of carbonyl (C=O) groups is 2. The first-order valence-corrected chi connectivity index (χ1v) is 7.55. The molecule has 2 heterocycles. The normalized spacial score (nSPS) is 23.7. The van der Waals surface area contributed by atoms with Gasteiger partial charge in [-0.2, -0.15) is 13.2 Å². The number of aliphatic hydroxyl groups excluding tert-OH is 1. The molecule has 0 unspecified atom stereocenters. The standard InChI is InChI=1S/C15H14F3N3O5/c16-15(17,18)14(19-20-14)9-3-1-8(2-4-9)13(25)21(5-12(23)24)10-6-26-7-11(10)22/h1-4,10-11,22H,5-7H2,(H,23,24)/t10-,11-/m1/s1. The fraction of sp³-hybridized carbons (Fsp3) is 0.467. The lowest BCUT2D eigenvalue weighted by atomic mass is 10.0. The van der Waals surface area contributed by atoms with E-state index >= 15 is 0 Å². The van der Waals surface area contributed by atoms with Crippen molar-refractivity contribution in [2.24, 2.45) is 10.2 Å². The van der Waals surface area contributed by atoms with E-state index in [2.05, 4.69) is 10.2 Å². The van der Waals surface area contributed by atoms with Gasteiger partial charge in [-0.1, -0.05) is 12.1 Å². The molecular formula is C15H14F3N3O5. The van der Waals surface area contributed by atoms with Gasteiger partial charge in [-0.15, -0.1) is 10.2 Å². The molecule has 0 radical (unpaired) electrons. The van der Waals surface area contributed by atoms with Gasteiger partial charge in [0.25, 0.3) is 5.91 Å². The number of hydrogen-bond acceptors (Lipinski definition) is 6. The summed E-state index contributed by atoms with van der Waals surface area (Å²) < 4.78 is 44.0. The summed E-state index contributed by atoms with van der Waals surface area (Å²) in [6.45, 7) is -0.750. The summed E-state index contributed by atoms with van der Waals surface area (Å²) in [5.41, 5.74) is -2.85. The van der Waals surface area contributed by atoms with Crippen LogP contribution in [0.2, 0.25) is 0 Å². The Kier molecular flexibility index (Phi) is 4.44. The quantitative estimate of drug-likeness (QED) is 0.804. The SMILES string of the molecule is O=C(O)CN(C(=O)c1ccc(C2(C(F)(F)F)N=N2)cc1)[C@@H]1COC[C@H]1O. The molecule has 140 valence electrons. The third-order valence-electron chi connectivity index (χ3n) is 4.22. The molecule has 1 saturated heterocycles. The van der Waals surface area contributed by atoms with E-state index in [1.807, 2.05) is 0 Å². The van der Waals surface area contributed by atoms with Crippen molar-refractivity contribution in [3.05, 3.63) is 35.4 Å². The zero-order valence-electron chi connectivity index (χ0n) is 13.2. The van der Waals surface area contributed by atoms with Gasteiger partial charge in [0.15, 0.2) is 0 Å². The molecule has 26 heavy (non-hydrogen) atoms. The fourth-order valence-electron chi connectivity index (χ4n) is 2.77. The zero-order valence-corrected chi connectivity index (χ0v) is 13.2. The first-order valence-electron chi connectivity index (χ1n) is 7.55. The zero-order chi connectivity index (χ0) is 19.1. The maximum atomic E-state index is 13.0. The smallest absolute Gasteiger partial charge is 0.442 e. The van der Waals surface area contributed by atoms with Gasteiger partial charge in [-0.25, -0.2) is 0 Å². The minimum Gasteiger partial charge on any atom is -0.480 e. The average molecular weight is 373 g/mol. The van der Waals surface area contributed by atoms with Crippen LogP contribution in [0.4, 0.5) is 13.2 Å². The molecule has 0 aromatic heterocycles. The Morgan fingerprint density at radius 1 is 1.23 bits per heavy atom. The molecule has 2 atom stereocenters. The molecule has 1 amide bonds. The molecule has 1 fully saturated rings. The van der Waals surface area contributed by atoms with E-state index in [1.165, 1.54) is 0 Å². The minimum absolute atomic E-state index is 0.0212. The lowest BCUT2D eigenvalue weighted by Gasteiger charge is -2.28. The number of hydrogen-bond donors (Lipinski definition) is 2. The van der Waals surface area contributed by atoms with Crippen LogP contribution < -0.4 is 0 Å². The number of amides is 1. The molecule has 8 nitrogen and oxygen atoms in total. The lowest BCUT2D eigenvalue weighted by molar-refractivity contribution is -0.166. The highest BCUT2D eigenvalue weighted by molar-refractivity contribution is 5.96. The van der Waals surface area contributed by atoms with Gasteiger partial charge in [-0.3, -0.25) is 9.59 Å². The Morgan fingerprint density at radius 3 is 2.27 bits per heavy atom. The summed E-state index contributed by atoms with van der Waals surface area (Å²) in [7, 11) is 0. The van der Waals surface area contributed by atoms with Crippen LogP contribution in [0.5, 0.6) is 0 Å². The van der Waals surface area contributed by atoms with Gasteiger partial charge in [0, 0.05) is 11.1 Å². The van der Waals surface area contributed by atoms with Crippen LogP contribution in [0.15, 0.2) is 34.5 Å². The number of benzene rings is 1. The van der Waals surface area contributed by atoms with Gasteiger partial charge in [0.05, 0.1) is 25.4 Å². The van der Waals surface area contributed by atoms with Crippen molar-refractivity contribution in [3.8, 4) is 0 Å². The third kappa shape index (κ3) is 3.15. The number of nitrogens with zero attached hydrogens (tertiary/aromatic N) is 3. The number of halogens is 3. The molecular weight excluding hydrogens is 359 g/mol. The molecule has 2 N–H and O–H groups in total. The number of ether oxygens (including phenoxy) is 1. The summed E-state index contributed by atoms with van der Waals surface area (Å²) in [6, 6.07) is 3.58. The highest BCUT2D eigenvalue weighted by Crippen LogP contribution is 2.52. The summed E-state index contributed by atoms with van der Waals surface area (Å²) in [4.78, 5) is 24.6. The predicted octanol–water partition coefficient (Wildman–Crippen LogP) is 1.15. The van der Waals surface area contributed by atoms with Crippen LogP contribution in [-0.4, -0.2) is 65.1 Å². The van der Waals surface area contributed by atoms with E-state index in [1.54, 1.807) is 0 Å². The van der Waals surface area contributed by atoms with Gasteiger partial charge in [0.2, 0.25) is 0 Å². The Labute approximate surface area is 144 Å². The maximum absolute atomic E-state index is 13.0. The summed E-state index contributed by atoms with van der Waals surface area (Å²) in [5.74, 6) is -2.03. The highest BCUT2D eigenvalue weighted by Gasteiger charge is 2.65. The number of aliphatic carboxylic acids is 1. The summed E-state index contributed by atoms with van der Waals surface area (Å²) >= 11 is 0. The molecule has 1 aromatic carbocycles. The van der Waals surface area contributed by atoms with Crippen LogP contribution in [0.3, 0.4) is 0 Å². The minimum atomic E-state index is -4.68. The van der Waals surface area contributed by atoms with E-state index in [9.17, 15) is 27.9 Å². The van der Waals surface area contributed by atoms with E-state index in [0.29, 0.717) is 0 Å². The molecule has 2 aliphatic rings. The molecule has 2 aliphatic heterocycles. The Balaban J connectivity index is 1.83. The van der Waals surface area contributed by atoms with Crippen molar-refractivity contribution in [1.82, 2.24) is 4.90 Å². The largest absolute Gasteiger partial charge is 0.480 e. The number of carboxylic acids is 1. The molecule has 1 aromatic rings. The Morgan fingerprint density at radius 2 is 1.85 bits per heavy atom. The number of carboxylic acid groups (broad SMARTS) is 1. The highest BCUT2D eigenvalue weighted by atomic mass is 19.4. The van der Waals surface area contributed by atoms with Gasteiger partial charge >= 0.3 is 17.8 Å². The second kappa shape index (κ2) is 6.32. The molecule has 3 rings (SSSR count). The maximum Gasteiger partial charge on any atom is 0.442 e. The van der Waals surface area contributed by atoms with Crippen molar-refractivity contribution < 1.29 is 37.7 Å². The van der Waals surface area contributed by atoms with E-state index in [-0.39, 0.29) is 24.3 Å². The molecule has 0 spiro atoms. The molecule has 0 aliphatic carbocycles. The van der Waals surface area contributed by atoms with Gasteiger partial charge < -0.3 is 19.8 Å². The topological polar surface area (TPSA) is 112 Å². The second-order valence-electron chi connectivity index (χ2n) is 5.95. The first kappa shape index (κ1) is 18.3. The summed E-state index contributed by atoms with van der Waals surface area (Å²) in [6.07, 6.45) is -5.73. The first-order chi connectivity index (χ1) is 12.2. The predicted molar refractivity (Wildman–Crippen MR) is 78.3 cm³/mol. The van der Waals surface area contributed by atoms with Crippen molar-refractivity contribution in [3.63, 3.8) is 0 Å². The molecule has 11 heteroatoms. The average Bonchev–Trinajstić information content (AvgIpc) is 3.29. The monoisotopic (exact) mass is 373 g/mol. The van der Waals surface area contributed by atoms with E-state index in [0.717, 1.165) is 29.2 Å². The van der Waals surface area contributed by atoms with Crippen LogP contribution in [-0.2, 0) is 15.2 Å². The van der Waals surface area contributed by atoms with E-state index in [4.69, 9.17) is 9.84 Å². The van der Waals surface area contributed by atoms with Crippen molar-refractivity contribution >= 4 is 11.9 Å². The van der Waals surface area contributed by atoms with Crippen molar-refractivity contribution in [1.29, 1.82) is 0 Å².